The predicted molar refractivity (Wildman–Crippen MR) is 67.5 cm³/mol. The van der Waals surface area contributed by atoms with E-state index in [2.05, 4.69) is 33.0 Å². The number of hydrogen-bond acceptors (Lipinski definition) is 2. The summed E-state index contributed by atoms with van der Waals surface area (Å²) in [7, 11) is 0. The van der Waals surface area contributed by atoms with Gasteiger partial charge in [-0.1, -0.05) is 27.7 Å². The van der Waals surface area contributed by atoms with Crippen LogP contribution in [0.2, 0.25) is 0 Å². The molecule has 0 spiro atoms. The number of hydrogen-bond donors (Lipinski definition) is 1. The Balaban J connectivity index is 3.25. The Morgan fingerprint density at radius 2 is 1.62 bits per heavy atom. The molecule has 16 heavy (non-hydrogen) atoms. The first-order valence-corrected chi connectivity index (χ1v) is 6.43. The van der Waals surface area contributed by atoms with Crippen LogP contribution in [0.25, 0.3) is 0 Å². The lowest BCUT2D eigenvalue weighted by Crippen LogP contribution is -2.25. The maximum Gasteiger partial charge on any atom is 0.407 e. The molecule has 0 aliphatic heterocycles. The van der Waals surface area contributed by atoms with Crippen molar-refractivity contribution in [2.24, 2.45) is 11.8 Å². The van der Waals surface area contributed by atoms with E-state index < -0.39 is 0 Å². The fraction of sp³-hybridized carbons (Fsp3) is 0.923. The van der Waals surface area contributed by atoms with Crippen LogP contribution in [0.1, 0.15) is 53.4 Å². The number of alkyl carbamates (subject to hydrolysis) is 1. The number of amides is 1. The molecular formula is C13H27NO2. The Bertz CT molecular complexity index is 161. The molecule has 96 valence electrons. The Morgan fingerprint density at radius 1 is 1.06 bits per heavy atom. The molecule has 0 radical (unpaired) electrons. The molecule has 0 aromatic rings. The normalized spacial score (nSPS) is 10.9. The zero-order valence-corrected chi connectivity index (χ0v) is 11.2. The van der Waals surface area contributed by atoms with E-state index in [-0.39, 0.29) is 6.09 Å². The average Bonchev–Trinajstić information content (AvgIpc) is 2.19. The molecule has 3 nitrogen and oxygen atoms in total. The van der Waals surface area contributed by atoms with Crippen LogP contribution in [0.5, 0.6) is 0 Å². The largest absolute Gasteiger partial charge is 0.450 e. The molecule has 0 rings (SSSR count). The van der Waals surface area contributed by atoms with Crippen molar-refractivity contribution in [1.82, 2.24) is 5.32 Å². The molecule has 0 atom stereocenters. The Labute approximate surface area is 99.9 Å². The van der Waals surface area contributed by atoms with Gasteiger partial charge in [-0.2, -0.15) is 0 Å². The van der Waals surface area contributed by atoms with Crippen LogP contribution < -0.4 is 5.32 Å². The van der Waals surface area contributed by atoms with Gasteiger partial charge in [0.2, 0.25) is 0 Å². The van der Waals surface area contributed by atoms with Crippen molar-refractivity contribution in [3.63, 3.8) is 0 Å². The highest BCUT2D eigenvalue weighted by atomic mass is 16.5. The van der Waals surface area contributed by atoms with Crippen LogP contribution >= 0.6 is 0 Å². The summed E-state index contributed by atoms with van der Waals surface area (Å²) < 4.78 is 5.05. The molecule has 1 amide bonds. The van der Waals surface area contributed by atoms with E-state index in [1.54, 1.807) is 0 Å². The van der Waals surface area contributed by atoms with Gasteiger partial charge in [-0.05, 0) is 37.5 Å². The highest BCUT2D eigenvalue weighted by Gasteiger charge is 2.01. The van der Waals surface area contributed by atoms with Crippen LogP contribution in [-0.2, 0) is 4.74 Å². The summed E-state index contributed by atoms with van der Waals surface area (Å²) in [6, 6.07) is 0. The predicted octanol–water partition coefficient (Wildman–Crippen LogP) is 3.59. The summed E-state index contributed by atoms with van der Waals surface area (Å²) in [6.45, 7) is 9.97. The van der Waals surface area contributed by atoms with Gasteiger partial charge in [0.1, 0.15) is 0 Å². The summed E-state index contributed by atoms with van der Waals surface area (Å²) in [6.07, 6.45) is 3.97. The summed E-state index contributed by atoms with van der Waals surface area (Å²) in [5, 5.41) is 2.76. The van der Waals surface area contributed by atoms with E-state index in [1.807, 2.05) is 0 Å². The molecule has 0 fully saturated rings. The monoisotopic (exact) mass is 229 g/mol. The van der Waals surface area contributed by atoms with Crippen molar-refractivity contribution in [1.29, 1.82) is 0 Å². The van der Waals surface area contributed by atoms with E-state index in [0.717, 1.165) is 32.2 Å². The second kappa shape index (κ2) is 9.49. The van der Waals surface area contributed by atoms with Crippen molar-refractivity contribution >= 4 is 6.09 Å². The van der Waals surface area contributed by atoms with Crippen molar-refractivity contribution in [2.75, 3.05) is 13.2 Å². The van der Waals surface area contributed by atoms with E-state index in [0.29, 0.717) is 18.4 Å². The SMILES string of the molecule is CC(C)CCCNC(=O)OCCCC(C)C. The number of carbonyl (C=O) groups is 1. The van der Waals surface area contributed by atoms with Gasteiger partial charge in [0.05, 0.1) is 6.61 Å². The van der Waals surface area contributed by atoms with Gasteiger partial charge in [-0.15, -0.1) is 0 Å². The van der Waals surface area contributed by atoms with Gasteiger partial charge in [0.25, 0.3) is 0 Å². The second-order valence-corrected chi connectivity index (χ2v) is 5.13. The summed E-state index contributed by atoms with van der Waals surface area (Å²) in [4.78, 5) is 11.2. The molecular weight excluding hydrogens is 202 g/mol. The third-order valence-electron chi connectivity index (χ3n) is 2.39. The van der Waals surface area contributed by atoms with E-state index >= 15 is 0 Å². The summed E-state index contributed by atoms with van der Waals surface area (Å²) >= 11 is 0. The van der Waals surface area contributed by atoms with Gasteiger partial charge in [-0.3, -0.25) is 0 Å². The number of rotatable bonds is 8. The first kappa shape index (κ1) is 15.3. The third-order valence-corrected chi connectivity index (χ3v) is 2.39. The fourth-order valence-corrected chi connectivity index (χ4v) is 1.41. The second-order valence-electron chi connectivity index (χ2n) is 5.13. The molecule has 0 aromatic carbocycles. The Hall–Kier alpha value is -0.730. The minimum atomic E-state index is -0.271. The highest BCUT2D eigenvalue weighted by Crippen LogP contribution is 2.03. The van der Waals surface area contributed by atoms with Crippen LogP contribution in [0.15, 0.2) is 0 Å². The molecule has 0 saturated heterocycles. The summed E-state index contributed by atoms with van der Waals surface area (Å²) in [5.74, 6) is 1.38. The van der Waals surface area contributed by atoms with E-state index in [4.69, 9.17) is 4.74 Å². The lowest BCUT2D eigenvalue weighted by Gasteiger charge is -2.08. The lowest BCUT2D eigenvalue weighted by molar-refractivity contribution is 0.142. The summed E-state index contributed by atoms with van der Waals surface area (Å²) in [5.41, 5.74) is 0. The first-order valence-electron chi connectivity index (χ1n) is 6.43. The molecule has 3 heteroatoms. The molecule has 0 aromatic heterocycles. The molecule has 0 unspecified atom stereocenters. The maximum absolute atomic E-state index is 11.2. The highest BCUT2D eigenvalue weighted by molar-refractivity contribution is 5.66. The molecule has 0 bridgehead atoms. The maximum atomic E-state index is 11.2. The lowest BCUT2D eigenvalue weighted by atomic mass is 10.1. The Kier molecular flexibility index (Phi) is 9.06. The zero-order valence-electron chi connectivity index (χ0n) is 11.2. The average molecular weight is 229 g/mol. The number of carbonyl (C=O) groups excluding carboxylic acids is 1. The zero-order chi connectivity index (χ0) is 12.4. The standard InChI is InChI=1S/C13H27NO2/c1-11(2)7-5-9-14-13(15)16-10-6-8-12(3)4/h11-12H,5-10H2,1-4H3,(H,14,15). The fourth-order valence-electron chi connectivity index (χ4n) is 1.41. The third kappa shape index (κ3) is 11.3. The van der Waals surface area contributed by atoms with Gasteiger partial charge >= 0.3 is 6.09 Å². The molecule has 0 aliphatic rings. The molecule has 1 N–H and O–H groups in total. The van der Waals surface area contributed by atoms with Gasteiger partial charge in [-0.25, -0.2) is 4.79 Å². The minimum Gasteiger partial charge on any atom is -0.450 e. The van der Waals surface area contributed by atoms with Crippen molar-refractivity contribution < 1.29 is 9.53 Å². The van der Waals surface area contributed by atoms with Crippen molar-refractivity contribution in [3.8, 4) is 0 Å². The van der Waals surface area contributed by atoms with Crippen LogP contribution in [0.3, 0.4) is 0 Å². The quantitative estimate of drug-likeness (QED) is 0.646. The first-order chi connectivity index (χ1) is 7.52. The number of nitrogens with one attached hydrogen (secondary N) is 1. The van der Waals surface area contributed by atoms with Crippen LogP contribution in [-0.4, -0.2) is 19.2 Å². The number of ether oxygens (including phenoxy) is 1. The smallest absolute Gasteiger partial charge is 0.407 e. The van der Waals surface area contributed by atoms with Gasteiger partial charge in [0, 0.05) is 6.54 Å². The molecule has 0 saturated carbocycles. The van der Waals surface area contributed by atoms with E-state index in [1.165, 1.54) is 0 Å². The van der Waals surface area contributed by atoms with Crippen molar-refractivity contribution in [3.05, 3.63) is 0 Å². The topological polar surface area (TPSA) is 38.3 Å². The Morgan fingerprint density at radius 3 is 2.19 bits per heavy atom. The van der Waals surface area contributed by atoms with Crippen molar-refractivity contribution in [2.45, 2.75) is 53.4 Å². The van der Waals surface area contributed by atoms with Gasteiger partial charge < -0.3 is 10.1 Å². The minimum absolute atomic E-state index is 0.271. The van der Waals surface area contributed by atoms with Crippen LogP contribution in [0.4, 0.5) is 4.79 Å². The van der Waals surface area contributed by atoms with Crippen LogP contribution in [0, 0.1) is 11.8 Å². The molecule has 0 aliphatic carbocycles. The van der Waals surface area contributed by atoms with Gasteiger partial charge in [0.15, 0.2) is 0 Å². The van der Waals surface area contributed by atoms with E-state index in [9.17, 15) is 4.79 Å². The molecule has 0 heterocycles.